The topological polar surface area (TPSA) is 63.3 Å². The monoisotopic (exact) mass is 155 g/mol. The first-order valence-electron chi connectivity index (χ1n) is 3.17. The molecule has 0 aliphatic rings. The van der Waals surface area contributed by atoms with Crippen molar-refractivity contribution in [1.82, 2.24) is 0 Å². The Labute approximate surface area is 84.8 Å². The van der Waals surface area contributed by atoms with Gasteiger partial charge in [0.2, 0.25) is 0 Å². The summed E-state index contributed by atoms with van der Waals surface area (Å²) in [4.78, 5) is 10.1. The van der Waals surface area contributed by atoms with Crippen molar-refractivity contribution in [2.24, 2.45) is 5.73 Å². The molecule has 0 spiro atoms. The maximum Gasteiger partial charge on any atom is 1.00 e. The summed E-state index contributed by atoms with van der Waals surface area (Å²) < 4.78 is 0. The number of carbonyl (C=O) groups is 1. The molecule has 1 atom stereocenters. The van der Waals surface area contributed by atoms with E-state index in [1.54, 1.807) is 0 Å². The van der Waals surface area contributed by atoms with E-state index in [1.165, 1.54) is 0 Å². The van der Waals surface area contributed by atoms with Crippen molar-refractivity contribution in [2.75, 3.05) is 0 Å². The largest absolute Gasteiger partial charge is 1.00 e. The molecule has 0 aromatic carbocycles. The van der Waals surface area contributed by atoms with Gasteiger partial charge in [-0.15, -0.1) is 0 Å². The van der Waals surface area contributed by atoms with E-state index in [2.05, 4.69) is 0 Å². The Bertz CT molecular complexity index is 103. The molecule has 0 bridgehead atoms. The second-order valence-electron chi connectivity index (χ2n) is 2.09. The fourth-order valence-corrected chi connectivity index (χ4v) is 0.548. The fraction of sp³-hybridized carbons (Fsp3) is 0.833. The molecule has 0 rings (SSSR count). The van der Waals surface area contributed by atoms with Crippen LogP contribution in [-0.4, -0.2) is 17.1 Å². The summed E-state index contributed by atoms with van der Waals surface area (Å²) >= 11 is 0. The minimum absolute atomic E-state index is 0. The zero-order valence-corrected chi connectivity index (χ0v) is 8.63. The SMILES string of the molecule is CCCCC(N)C(=O)O.[H-].[Na+]. The molecule has 3 N–H and O–H groups in total. The number of carboxylic acid groups (broad SMARTS) is 1. The third-order valence-electron chi connectivity index (χ3n) is 1.19. The van der Waals surface area contributed by atoms with Crippen LogP contribution in [0.3, 0.4) is 0 Å². The summed E-state index contributed by atoms with van der Waals surface area (Å²) in [7, 11) is 0. The fourth-order valence-electron chi connectivity index (χ4n) is 0.548. The van der Waals surface area contributed by atoms with E-state index < -0.39 is 12.0 Å². The molecule has 0 amide bonds. The second-order valence-corrected chi connectivity index (χ2v) is 2.09. The van der Waals surface area contributed by atoms with Crippen LogP contribution in [0.4, 0.5) is 0 Å². The van der Waals surface area contributed by atoms with Crippen LogP contribution in [-0.2, 0) is 4.79 Å². The molecule has 0 aromatic rings. The summed E-state index contributed by atoms with van der Waals surface area (Å²) in [6.45, 7) is 2.01. The van der Waals surface area contributed by atoms with Crippen LogP contribution < -0.4 is 35.3 Å². The predicted octanol–water partition coefficient (Wildman–Crippen LogP) is -2.29. The third kappa shape index (κ3) is 6.55. The number of carboxylic acids is 1. The van der Waals surface area contributed by atoms with Gasteiger partial charge in [0.1, 0.15) is 6.04 Å². The van der Waals surface area contributed by atoms with Crippen LogP contribution >= 0.6 is 0 Å². The van der Waals surface area contributed by atoms with Crippen molar-refractivity contribution in [3.63, 3.8) is 0 Å². The zero-order chi connectivity index (χ0) is 7.28. The van der Waals surface area contributed by atoms with Crippen LogP contribution in [0.1, 0.15) is 27.6 Å². The summed E-state index contributed by atoms with van der Waals surface area (Å²) in [5, 5.41) is 8.28. The molecule has 0 saturated heterocycles. The molecule has 0 aliphatic heterocycles. The number of hydrogen-bond donors (Lipinski definition) is 2. The molecule has 0 aliphatic carbocycles. The summed E-state index contributed by atoms with van der Waals surface area (Å²) in [6, 6.07) is -0.662. The zero-order valence-electron chi connectivity index (χ0n) is 7.63. The van der Waals surface area contributed by atoms with Gasteiger partial charge in [0.15, 0.2) is 0 Å². The Balaban J connectivity index is -0.000000320. The minimum atomic E-state index is -0.900. The van der Waals surface area contributed by atoms with Gasteiger partial charge in [0.05, 0.1) is 0 Å². The number of unbranched alkanes of at least 4 members (excludes halogenated alkanes) is 1. The molecule has 10 heavy (non-hydrogen) atoms. The molecule has 56 valence electrons. The summed E-state index contributed by atoms with van der Waals surface area (Å²) in [5.41, 5.74) is 5.20. The standard InChI is InChI=1S/C6H13NO2.Na.H/c1-2-3-4-5(7)6(8)9;;/h5H,2-4,7H2,1H3,(H,8,9);;/q;+1;-1. The molecule has 1 unspecified atom stereocenters. The molecule has 0 saturated carbocycles. The van der Waals surface area contributed by atoms with Gasteiger partial charge in [-0.2, -0.15) is 0 Å². The van der Waals surface area contributed by atoms with Crippen LogP contribution in [0.25, 0.3) is 0 Å². The van der Waals surface area contributed by atoms with Crippen LogP contribution in [0.2, 0.25) is 0 Å². The van der Waals surface area contributed by atoms with E-state index in [1.807, 2.05) is 6.92 Å². The predicted molar refractivity (Wildman–Crippen MR) is 36.2 cm³/mol. The van der Waals surface area contributed by atoms with Crippen LogP contribution in [0, 0.1) is 0 Å². The van der Waals surface area contributed by atoms with Gasteiger partial charge >= 0.3 is 35.5 Å². The third-order valence-corrected chi connectivity index (χ3v) is 1.19. The minimum Gasteiger partial charge on any atom is -1.00 e. The Morgan fingerprint density at radius 2 is 2.30 bits per heavy atom. The first-order valence-corrected chi connectivity index (χ1v) is 3.17. The van der Waals surface area contributed by atoms with Crippen LogP contribution in [0.5, 0.6) is 0 Å². The van der Waals surface area contributed by atoms with Gasteiger partial charge in [-0.3, -0.25) is 4.79 Å². The number of hydrogen-bond acceptors (Lipinski definition) is 2. The molecule has 0 radical (unpaired) electrons. The van der Waals surface area contributed by atoms with E-state index in [0.29, 0.717) is 6.42 Å². The molecule has 3 nitrogen and oxygen atoms in total. The molecule has 0 fully saturated rings. The maximum atomic E-state index is 10.1. The normalized spacial score (nSPS) is 11.8. The smallest absolute Gasteiger partial charge is 1.00 e. The second kappa shape index (κ2) is 7.54. The molecule has 0 heterocycles. The van der Waals surface area contributed by atoms with Gasteiger partial charge in [0.25, 0.3) is 0 Å². The Kier molecular flexibility index (Phi) is 9.84. The van der Waals surface area contributed by atoms with Crippen molar-refractivity contribution in [3.8, 4) is 0 Å². The molecular weight excluding hydrogens is 141 g/mol. The first-order chi connectivity index (χ1) is 4.18. The van der Waals surface area contributed by atoms with E-state index >= 15 is 0 Å². The first kappa shape index (κ1) is 13.1. The summed E-state index contributed by atoms with van der Waals surface area (Å²) in [6.07, 6.45) is 2.49. The Morgan fingerprint density at radius 1 is 1.80 bits per heavy atom. The average molecular weight is 155 g/mol. The number of rotatable bonds is 4. The van der Waals surface area contributed by atoms with E-state index in [9.17, 15) is 4.79 Å². The van der Waals surface area contributed by atoms with E-state index in [4.69, 9.17) is 10.8 Å². The van der Waals surface area contributed by atoms with Gasteiger partial charge < -0.3 is 12.3 Å². The van der Waals surface area contributed by atoms with Gasteiger partial charge in [-0.1, -0.05) is 19.8 Å². The van der Waals surface area contributed by atoms with Crippen molar-refractivity contribution in [1.29, 1.82) is 0 Å². The molecule has 0 aromatic heterocycles. The quantitative estimate of drug-likeness (QED) is 0.449. The molecule has 4 heteroatoms. The van der Waals surface area contributed by atoms with Crippen molar-refractivity contribution < 1.29 is 40.9 Å². The van der Waals surface area contributed by atoms with Gasteiger partial charge in [0, 0.05) is 0 Å². The van der Waals surface area contributed by atoms with E-state index in [0.717, 1.165) is 12.8 Å². The van der Waals surface area contributed by atoms with Crippen molar-refractivity contribution >= 4 is 5.97 Å². The van der Waals surface area contributed by atoms with E-state index in [-0.39, 0.29) is 31.0 Å². The molecular formula is C6H14NNaO2. The van der Waals surface area contributed by atoms with Crippen molar-refractivity contribution in [2.45, 2.75) is 32.2 Å². The Hall–Kier alpha value is 0.430. The summed E-state index contributed by atoms with van der Waals surface area (Å²) in [5.74, 6) is -0.900. The average Bonchev–Trinajstić information content (AvgIpc) is 1.82. The van der Waals surface area contributed by atoms with Crippen molar-refractivity contribution in [3.05, 3.63) is 0 Å². The Morgan fingerprint density at radius 3 is 2.60 bits per heavy atom. The maximum absolute atomic E-state index is 10.1. The van der Waals surface area contributed by atoms with Crippen LogP contribution in [0.15, 0.2) is 0 Å². The number of nitrogens with two attached hydrogens (primary N) is 1. The number of aliphatic carboxylic acids is 1. The van der Waals surface area contributed by atoms with Gasteiger partial charge in [-0.05, 0) is 6.42 Å². The van der Waals surface area contributed by atoms with Gasteiger partial charge in [-0.25, -0.2) is 0 Å².